The molecular formula is C20H24N4O4S2. The number of imidazole rings is 1. The fourth-order valence-electron chi connectivity index (χ4n) is 2.99. The molecule has 1 heterocycles. The van der Waals surface area contributed by atoms with E-state index in [2.05, 4.69) is 10.3 Å². The maximum Gasteiger partial charge on any atom is 0.238 e. The molecule has 1 amide bonds. The van der Waals surface area contributed by atoms with Crippen LogP contribution >= 0.6 is 11.8 Å². The molecule has 0 saturated heterocycles. The Morgan fingerprint density at radius 2 is 2.03 bits per heavy atom. The van der Waals surface area contributed by atoms with Crippen LogP contribution in [-0.2, 0) is 21.4 Å². The van der Waals surface area contributed by atoms with E-state index in [0.717, 1.165) is 11.9 Å². The van der Waals surface area contributed by atoms with Gasteiger partial charge in [-0.3, -0.25) is 4.79 Å². The third-order valence-corrected chi connectivity index (χ3v) is 6.48. The van der Waals surface area contributed by atoms with Crippen LogP contribution in [0.1, 0.15) is 20.3 Å². The van der Waals surface area contributed by atoms with E-state index >= 15 is 0 Å². The van der Waals surface area contributed by atoms with E-state index < -0.39 is 15.3 Å². The molecule has 0 fully saturated rings. The lowest BCUT2D eigenvalue weighted by Gasteiger charge is -2.14. The van der Waals surface area contributed by atoms with Gasteiger partial charge in [0.2, 0.25) is 15.9 Å². The molecule has 10 heteroatoms. The van der Waals surface area contributed by atoms with Gasteiger partial charge < -0.3 is 14.6 Å². The third-order valence-electron chi connectivity index (χ3n) is 4.48. The summed E-state index contributed by atoms with van der Waals surface area (Å²) in [5.41, 5.74) is 1.91. The van der Waals surface area contributed by atoms with Crippen LogP contribution in [0.15, 0.2) is 52.5 Å². The van der Waals surface area contributed by atoms with Gasteiger partial charge in [0.05, 0.1) is 34.0 Å². The van der Waals surface area contributed by atoms with E-state index in [0.29, 0.717) is 28.7 Å². The molecule has 0 aliphatic rings. The summed E-state index contributed by atoms with van der Waals surface area (Å²) in [6.07, 6.45) is 0.859. The van der Waals surface area contributed by atoms with Gasteiger partial charge in [0.1, 0.15) is 5.75 Å². The smallest absolute Gasteiger partial charge is 0.238 e. The molecule has 30 heavy (non-hydrogen) atoms. The Balaban J connectivity index is 1.87. The third kappa shape index (κ3) is 4.77. The van der Waals surface area contributed by atoms with Crippen molar-refractivity contribution in [3.05, 3.63) is 42.5 Å². The Kier molecular flexibility index (Phi) is 6.69. The van der Waals surface area contributed by atoms with Crippen LogP contribution in [0.4, 0.5) is 5.69 Å². The molecule has 0 radical (unpaired) electrons. The van der Waals surface area contributed by atoms with Crippen LogP contribution in [0, 0.1) is 0 Å². The molecule has 0 aliphatic heterocycles. The fourth-order valence-corrected chi connectivity index (χ4v) is 4.47. The molecule has 8 nitrogen and oxygen atoms in total. The molecule has 160 valence electrons. The molecule has 0 saturated carbocycles. The average Bonchev–Trinajstić information content (AvgIpc) is 3.04. The summed E-state index contributed by atoms with van der Waals surface area (Å²) in [6.45, 7) is 4.52. The van der Waals surface area contributed by atoms with Gasteiger partial charge in [-0.2, -0.15) is 0 Å². The quantitative estimate of drug-likeness (QED) is 0.511. The molecule has 3 aromatic rings. The summed E-state index contributed by atoms with van der Waals surface area (Å²) in [5.74, 6) is 0.390. The maximum absolute atomic E-state index is 12.7. The number of carbonyl (C=O) groups excluding carboxylic acids is 1. The number of carbonyl (C=O) groups is 1. The van der Waals surface area contributed by atoms with Crippen molar-refractivity contribution in [2.75, 3.05) is 12.4 Å². The number of rotatable bonds is 8. The molecule has 0 spiro atoms. The highest BCUT2D eigenvalue weighted by molar-refractivity contribution is 8.00. The number of fused-ring (bicyclic) bond motifs is 1. The van der Waals surface area contributed by atoms with Crippen LogP contribution in [0.3, 0.4) is 0 Å². The highest BCUT2D eigenvalue weighted by atomic mass is 32.2. The molecule has 0 bridgehead atoms. The van der Waals surface area contributed by atoms with Crippen molar-refractivity contribution in [3.8, 4) is 5.75 Å². The zero-order valence-electron chi connectivity index (χ0n) is 17.0. The van der Waals surface area contributed by atoms with Gasteiger partial charge in [0, 0.05) is 6.54 Å². The number of nitrogens with zero attached hydrogens (tertiary/aromatic N) is 2. The second kappa shape index (κ2) is 9.07. The van der Waals surface area contributed by atoms with Crippen LogP contribution < -0.4 is 15.2 Å². The van der Waals surface area contributed by atoms with E-state index in [1.807, 2.05) is 23.6 Å². The zero-order valence-corrected chi connectivity index (χ0v) is 18.6. The SMILES string of the molecule is CCCn1c(SC(C)C(=O)Nc2ccccc2OC)nc2cc(S(N)(=O)=O)ccc21. The van der Waals surface area contributed by atoms with Crippen LogP contribution in [-0.4, -0.2) is 36.2 Å². The predicted molar refractivity (Wildman–Crippen MR) is 118 cm³/mol. The number of ether oxygens (including phenoxy) is 1. The monoisotopic (exact) mass is 448 g/mol. The Labute approximate surface area is 179 Å². The highest BCUT2D eigenvalue weighted by Crippen LogP contribution is 2.30. The largest absolute Gasteiger partial charge is 0.495 e. The number of hydrogen-bond acceptors (Lipinski definition) is 6. The van der Waals surface area contributed by atoms with E-state index in [1.165, 1.54) is 23.9 Å². The number of amides is 1. The van der Waals surface area contributed by atoms with Crippen LogP contribution in [0.5, 0.6) is 5.75 Å². The number of aromatic nitrogens is 2. The van der Waals surface area contributed by atoms with E-state index in [4.69, 9.17) is 9.88 Å². The first-order chi connectivity index (χ1) is 14.2. The van der Waals surface area contributed by atoms with Crippen molar-refractivity contribution in [1.29, 1.82) is 0 Å². The summed E-state index contributed by atoms with van der Waals surface area (Å²) in [5, 5.41) is 8.31. The first-order valence-corrected chi connectivity index (χ1v) is 11.8. The van der Waals surface area contributed by atoms with Crippen molar-refractivity contribution < 1.29 is 17.9 Å². The second-order valence-electron chi connectivity index (χ2n) is 6.69. The van der Waals surface area contributed by atoms with E-state index in [9.17, 15) is 13.2 Å². The van der Waals surface area contributed by atoms with Gasteiger partial charge >= 0.3 is 0 Å². The number of primary sulfonamides is 1. The molecule has 1 unspecified atom stereocenters. The molecular weight excluding hydrogens is 424 g/mol. The number of nitrogens with one attached hydrogen (secondary N) is 1. The maximum atomic E-state index is 12.7. The Hall–Kier alpha value is -2.56. The molecule has 0 aliphatic carbocycles. The minimum absolute atomic E-state index is 0.00895. The van der Waals surface area contributed by atoms with Gasteiger partial charge in [-0.05, 0) is 43.7 Å². The number of benzene rings is 2. The summed E-state index contributed by atoms with van der Waals surface area (Å²) in [7, 11) is -2.27. The number of anilines is 1. The van der Waals surface area contributed by atoms with E-state index in [1.54, 1.807) is 32.2 Å². The topological polar surface area (TPSA) is 116 Å². The van der Waals surface area contributed by atoms with Gasteiger partial charge in [0.15, 0.2) is 5.16 Å². The van der Waals surface area contributed by atoms with Gasteiger partial charge in [-0.15, -0.1) is 0 Å². The lowest BCUT2D eigenvalue weighted by molar-refractivity contribution is -0.115. The number of methoxy groups -OCH3 is 1. The Morgan fingerprint density at radius 1 is 1.30 bits per heavy atom. The fraction of sp³-hybridized carbons (Fsp3) is 0.300. The van der Waals surface area contributed by atoms with Crippen molar-refractivity contribution >= 4 is 44.4 Å². The first kappa shape index (κ1) is 22.1. The number of para-hydroxylation sites is 2. The number of nitrogens with two attached hydrogens (primary N) is 1. The number of thioether (sulfide) groups is 1. The molecule has 1 aromatic heterocycles. The number of hydrogen-bond donors (Lipinski definition) is 2. The number of aryl methyl sites for hydroxylation is 1. The van der Waals surface area contributed by atoms with Gasteiger partial charge in [-0.1, -0.05) is 30.8 Å². The van der Waals surface area contributed by atoms with E-state index in [-0.39, 0.29) is 10.8 Å². The second-order valence-corrected chi connectivity index (χ2v) is 9.56. The number of sulfonamides is 1. The van der Waals surface area contributed by atoms with Crippen molar-refractivity contribution in [2.45, 2.75) is 42.1 Å². The zero-order chi connectivity index (χ0) is 21.9. The molecule has 2 aromatic carbocycles. The molecule has 1 atom stereocenters. The lowest BCUT2D eigenvalue weighted by atomic mass is 10.3. The lowest BCUT2D eigenvalue weighted by Crippen LogP contribution is -2.23. The predicted octanol–water partition coefficient (Wildman–Crippen LogP) is 3.22. The summed E-state index contributed by atoms with van der Waals surface area (Å²) < 4.78 is 30.6. The standard InChI is InChI=1S/C20H24N4O4S2/c1-4-11-24-17-10-9-14(30(21,26)27)12-16(17)23-20(24)29-13(2)19(25)22-15-7-5-6-8-18(15)28-3/h5-10,12-13H,4,11H2,1-3H3,(H,22,25)(H2,21,26,27). The molecule has 3 rings (SSSR count). The van der Waals surface area contributed by atoms with Crippen molar-refractivity contribution in [2.24, 2.45) is 5.14 Å². The van der Waals surface area contributed by atoms with Crippen LogP contribution in [0.25, 0.3) is 11.0 Å². The summed E-state index contributed by atoms with van der Waals surface area (Å²) in [6, 6.07) is 11.8. The van der Waals surface area contributed by atoms with Crippen molar-refractivity contribution in [3.63, 3.8) is 0 Å². The minimum Gasteiger partial charge on any atom is -0.495 e. The summed E-state index contributed by atoms with van der Waals surface area (Å²) in [4.78, 5) is 17.3. The minimum atomic E-state index is -3.82. The average molecular weight is 449 g/mol. The normalized spacial score (nSPS) is 12.7. The van der Waals surface area contributed by atoms with Gasteiger partial charge in [0.25, 0.3) is 0 Å². The molecule has 3 N–H and O–H groups in total. The Morgan fingerprint density at radius 3 is 2.70 bits per heavy atom. The summed E-state index contributed by atoms with van der Waals surface area (Å²) >= 11 is 1.31. The first-order valence-electron chi connectivity index (χ1n) is 9.38. The highest BCUT2D eigenvalue weighted by Gasteiger charge is 2.21. The Bertz CT molecular complexity index is 1170. The van der Waals surface area contributed by atoms with Crippen molar-refractivity contribution in [1.82, 2.24) is 9.55 Å². The van der Waals surface area contributed by atoms with Crippen LogP contribution in [0.2, 0.25) is 0 Å². The van der Waals surface area contributed by atoms with Gasteiger partial charge in [-0.25, -0.2) is 18.5 Å².